The van der Waals surface area contributed by atoms with Gasteiger partial charge in [0.2, 0.25) is 5.88 Å². The molecule has 1 aromatic heterocycles. The molecule has 164 valence electrons. The van der Waals surface area contributed by atoms with Crippen molar-refractivity contribution in [2.24, 2.45) is 0 Å². The number of anilines is 2. The van der Waals surface area contributed by atoms with Crippen molar-refractivity contribution in [3.05, 3.63) is 59.8 Å². The first-order valence-corrected chi connectivity index (χ1v) is 10.9. The molecule has 1 heterocycles. The zero-order valence-corrected chi connectivity index (χ0v) is 18.3. The Kier molecular flexibility index (Phi) is 6.50. The van der Waals surface area contributed by atoms with Gasteiger partial charge >= 0.3 is 0 Å². The normalized spacial score (nSPS) is 12.1. The van der Waals surface area contributed by atoms with E-state index in [1.165, 1.54) is 24.3 Å². The van der Waals surface area contributed by atoms with Crippen molar-refractivity contribution in [1.29, 1.82) is 0 Å². The number of carbonyl (C=O) groups excluding carboxylic acids is 1. The lowest BCUT2D eigenvalue weighted by Gasteiger charge is -2.15. The molecule has 31 heavy (non-hydrogen) atoms. The number of nitrogens with zero attached hydrogens (tertiary/aromatic N) is 1. The van der Waals surface area contributed by atoms with Crippen molar-refractivity contribution in [1.82, 2.24) is 5.16 Å². The molecule has 0 spiro atoms. The van der Waals surface area contributed by atoms with Crippen molar-refractivity contribution < 1.29 is 27.2 Å². The molecular formula is C21H23N3O6S. The van der Waals surface area contributed by atoms with Gasteiger partial charge in [0.05, 0.1) is 17.7 Å². The summed E-state index contributed by atoms with van der Waals surface area (Å²) in [6.45, 7) is 5.04. The third-order valence-corrected chi connectivity index (χ3v) is 5.90. The molecule has 3 aromatic rings. The SMILES string of the molecule is COc1ccc(O[C@@H](C)C(=O)Nc2ccc(S(=O)(=O)Nc3onc(C)c3C)cc2)cc1. The van der Waals surface area contributed by atoms with E-state index in [-0.39, 0.29) is 16.7 Å². The summed E-state index contributed by atoms with van der Waals surface area (Å²) < 4.78 is 43.1. The second-order valence-corrected chi connectivity index (χ2v) is 8.46. The number of aryl methyl sites for hydroxylation is 1. The van der Waals surface area contributed by atoms with E-state index in [1.54, 1.807) is 52.1 Å². The minimum atomic E-state index is -3.86. The lowest BCUT2D eigenvalue weighted by Crippen LogP contribution is -2.30. The Labute approximate surface area is 180 Å². The molecule has 0 unspecified atom stereocenters. The van der Waals surface area contributed by atoms with Crippen LogP contribution in [0.3, 0.4) is 0 Å². The maximum atomic E-state index is 12.5. The molecule has 0 bridgehead atoms. The van der Waals surface area contributed by atoms with Gasteiger partial charge in [-0.15, -0.1) is 0 Å². The number of sulfonamides is 1. The quantitative estimate of drug-likeness (QED) is 0.544. The molecule has 2 N–H and O–H groups in total. The summed E-state index contributed by atoms with van der Waals surface area (Å²) in [5.74, 6) is 0.896. The van der Waals surface area contributed by atoms with Crippen LogP contribution in [0.25, 0.3) is 0 Å². The number of methoxy groups -OCH3 is 1. The predicted molar refractivity (Wildman–Crippen MR) is 115 cm³/mol. The van der Waals surface area contributed by atoms with Gasteiger partial charge in [-0.25, -0.2) is 13.1 Å². The fourth-order valence-electron chi connectivity index (χ4n) is 2.56. The standard InChI is InChI=1S/C21H23N3O6S/c1-13-14(2)23-30-21(13)24-31(26,27)19-11-5-16(6-12-19)22-20(25)15(3)29-18-9-7-17(28-4)8-10-18/h5-12,15,24H,1-4H3,(H,22,25)/t15-/m0/s1. The number of amides is 1. The average Bonchev–Trinajstić information content (AvgIpc) is 3.06. The maximum Gasteiger partial charge on any atom is 0.265 e. The van der Waals surface area contributed by atoms with Gasteiger partial charge in [-0.05, 0) is 69.3 Å². The number of rotatable bonds is 8. The lowest BCUT2D eigenvalue weighted by atomic mass is 10.3. The predicted octanol–water partition coefficient (Wildman–Crippen LogP) is 3.51. The van der Waals surface area contributed by atoms with E-state index in [1.807, 2.05) is 0 Å². The molecule has 0 aliphatic heterocycles. The molecule has 0 radical (unpaired) electrons. The molecular weight excluding hydrogens is 422 g/mol. The van der Waals surface area contributed by atoms with Gasteiger partial charge in [0.1, 0.15) is 11.5 Å². The number of hydrogen-bond acceptors (Lipinski definition) is 7. The molecule has 10 heteroatoms. The average molecular weight is 445 g/mol. The summed E-state index contributed by atoms with van der Waals surface area (Å²) >= 11 is 0. The van der Waals surface area contributed by atoms with Crippen LogP contribution >= 0.6 is 0 Å². The summed E-state index contributed by atoms with van der Waals surface area (Å²) in [5.41, 5.74) is 1.64. The van der Waals surface area contributed by atoms with Crippen LogP contribution in [0, 0.1) is 13.8 Å². The van der Waals surface area contributed by atoms with E-state index in [2.05, 4.69) is 15.2 Å². The van der Waals surface area contributed by atoms with Crippen molar-refractivity contribution >= 4 is 27.5 Å². The maximum absolute atomic E-state index is 12.5. The van der Waals surface area contributed by atoms with Crippen LogP contribution < -0.4 is 19.5 Å². The summed E-state index contributed by atoms with van der Waals surface area (Å²) in [6, 6.07) is 12.6. The highest BCUT2D eigenvalue weighted by molar-refractivity contribution is 7.92. The Balaban J connectivity index is 1.62. The first-order chi connectivity index (χ1) is 14.7. The highest BCUT2D eigenvalue weighted by atomic mass is 32.2. The number of benzene rings is 2. The summed E-state index contributed by atoms with van der Waals surface area (Å²) in [4.78, 5) is 12.4. The number of carbonyl (C=O) groups is 1. The van der Waals surface area contributed by atoms with Gasteiger partial charge in [-0.2, -0.15) is 0 Å². The highest BCUT2D eigenvalue weighted by Gasteiger charge is 2.20. The Hall–Kier alpha value is -3.53. The van der Waals surface area contributed by atoms with Gasteiger partial charge in [0.25, 0.3) is 15.9 Å². The molecule has 9 nitrogen and oxygen atoms in total. The molecule has 0 saturated carbocycles. The van der Waals surface area contributed by atoms with Crippen molar-refractivity contribution in [2.75, 3.05) is 17.1 Å². The second kappa shape index (κ2) is 9.09. The fraction of sp³-hybridized carbons (Fsp3) is 0.238. The second-order valence-electron chi connectivity index (χ2n) is 6.78. The Morgan fingerprint density at radius 3 is 2.19 bits per heavy atom. The van der Waals surface area contributed by atoms with Crippen molar-refractivity contribution in [3.8, 4) is 11.5 Å². The number of nitrogens with one attached hydrogen (secondary N) is 2. The van der Waals surface area contributed by atoms with E-state index >= 15 is 0 Å². The zero-order chi connectivity index (χ0) is 22.6. The van der Waals surface area contributed by atoms with E-state index in [0.29, 0.717) is 28.4 Å². The lowest BCUT2D eigenvalue weighted by molar-refractivity contribution is -0.122. The largest absolute Gasteiger partial charge is 0.497 e. The minimum absolute atomic E-state index is 0.0153. The van der Waals surface area contributed by atoms with E-state index in [4.69, 9.17) is 14.0 Å². The van der Waals surface area contributed by atoms with E-state index in [9.17, 15) is 13.2 Å². The minimum Gasteiger partial charge on any atom is -0.497 e. The topological polar surface area (TPSA) is 120 Å². The monoisotopic (exact) mass is 445 g/mol. The van der Waals surface area contributed by atoms with Gasteiger partial charge in [-0.3, -0.25) is 4.79 Å². The molecule has 3 rings (SSSR count). The number of ether oxygens (including phenoxy) is 2. The number of aromatic nitrogens is 1. The first-order valence-electron chi connectivity index (χ1n) is 9.37. The van der Waals surface area contributed by atoms with Gasteiger partial charge in [-0.1, -0.05) is 5.16 Å². The van der Waals surface area contributed by atoms with E-state index in [0.717, 1.165) is 0 Å². The number of hydrogen-bond donors (Lipinski definition) is 2. The Bertz CT molecular complexity index is 1150. The molecule has 0 fully saturated rings. The van der Waals surface area contributed by atoms with Crippen molar-refractivity contribution in [2.45, 2.75) is 31.8 Å². The summed E-state index contributed by atoms with van der Waals surface area (Å²) in [7, 11) is -2.30. The molecule has 1 amide bonds. The molecule has 0 aliphatic carbocycles. The van der Waals surface area contributed by atoms with Gasteiger partial charge in [0, 0.05) is 11.3 Å². The van der Waals surface area contributed by atoms with Crippen LogP contribution in [-0.2, 0) is 14.8 Å². The third-order valence-electron chi connectivity index (χ3n) is 4.56. The van der Waals surface area contributed by atoms with Crippen molar-refractivity contribution in [3.63, 3.8) is 0 Å². The summed E-state index contributed by atoms with van der Waals surface area (Å²) in [5, 5.41) is 6.42. The first kappa shape index (κ1) is 22.2. The molecule has 1 atom stereocenters. The van der Waals surface area contributed by atoms with E-state index < -0.39 is 16.1 Å². The van der Waals surface area contributed by atoms with Crippen LogP contribution in [0.2, 0.25) is 0 Å². The summed E-state index contributed by atoms with van der Waals surface area (Å²) in [6.07, 6.45) is -0.767. The van der Waals surface area contributed by atoms with Crippen LogP contribution in [0.4, 0.5) is 11.6 Å². The Morgan fingerprint density at radius 1 is 1.03 bits per heavy atom. The zero-order valence-electron chi connectivity index (χ0n) is 17.5. The molecule has 0 saturated heterocycles. The van der Waals surface area contributed by atoms with Gasteiger partial charge in [0.15, 0.2) is 6.10 Å². The third kappa shape index (κ3) is 5.34. The van der Waals surface area contributed by atoms with Gasteiger partial charge < -0.3 is 19.3 Å². The molecule has 2 aromatic carbocycles. The van der Waals surface area contributed by atoms with Crippen LogP contribution in [-0.4, -0.2) is 32.7 Å². The smallest absolute Gasteiger partial charge is 0.265 e. The Morgan fingerprint density at radius 2 is 1.65 bits per heavy atom. The fourth-order valence-corrected chi connectivity index (χ4v) is 3.61. The van der Waals surface area contributed by atoms with Crippen LogP contribution in [0.5, 0.6) is 11.5 Å². The molecule has 0 aliphatic rings. The highest BCUT2D eigenvalue weighted by Crippen LogP contribution is 2.23. The van der Waals surface area contributed by atoms with Crippen LogP contribution in [0.1, 0.15) is 18.2 Å². The van der Waals surface area contributed by atoms with Crippen LogP contribution in [0.15, 0.2) is 57.9 Å².